The molecule has 3 aromatic rings. The average Bonchev–Trinajstić information content (AvgIpc) is 3.19. The number of anilines is 1. The van der Waals surface area contributed by atoms with Crippen molar-refractivity contribution in [2.45, 2.75) is 0 Å². The molecule has 0 saturated carbocycles. The van der Waals surface area contributed by atoms with Crippen LogP contribution in [0.15, 0.2) is 35.5 Å². The van der Waals surface area contributed by atoms with E-state index in [1.807, 2.05) is 16.7 Å². The first kappa shape index (κ1) is 12.3. The van der Waals surface area contributed by atoms with E-state index >= 15 is 0 Å². The molecular weight excluding hydrogens is 268 g/mol. The Labute approximate surface area is 121 Å². The fourth-order valence-electron chi connectivity index (χ4n) is 2.67. The SMILES string of the molecule is CN1CCN(c2ncc(-c3ccoc3)n3cnnc23)CC1. The molecule has 7 heteroatoms. The summed E-state index contributed by atoms with van der Waals surface area (Å²) in [7, 11) is 2.14. The summed E-state index contributed by atoms with van der Waals surface area (Å²) >= 11 is 0. The van der Waals surface area contributed by atoms with Gasteiger partial charge in [-0.05, 0) is 13.1 Å². The Kier molecular flexibility index (Phi) is 2.85. The van der Waals surface area contributed by atoms with E-state index in [1.165, 1.54) is 0 Å². The van der Waals surface area contributed by atoms with Gasteiger partial charge in [0.1, 0.15) is 6.33 Å². The van der Waals surface area contributed by atoms with Crippen LogP contribution in [0, 0.1) is 0 Å². The summed E-state index contributed by atoms with van der Waals surface area (Å²) in [5.74, 6) is 0.896. The van der Waals surface area contributed by atoms with Crippen molar-refractivity contribution in [1.29, 1.82) is 0 Å². The predicted octanol–water partition coefficient (Wildman–Crippen LogP) is 1.14. The maximum absolute atomic E-state index is 5.15. The molecule has 4 heterocycles. The maximum Gasteiger partial charge on any atom is 0.204 e. The van der Waals surface area contributed by atoms with Gasteiger partial charge in [-0.15, -0.1) is 10.2 Å². The monoisotopic (exact) mass is 284 g/mol. The van der Waals surface area contributed by atoms with Gasteiger partial charge in [0.15, 0.2) is 5.82 Å². The summed E-state index contributed by atoms with van der Waals surface area (Å²) in [4.78, 5) is 9.21. The summed E-state index contributed by atoms with van der Waals surface area (Å²) in [5, 5.41) is 8.30. The summed E-state index contributed by atoms with van der Waals surface area (Å²) in [6.45, 7) is 3.98. The van der Waals surface area contributed by atoms with Crippen LogP contribution in [0.4, 0.5) is 5.82 Å². The zero-order chi connectivity index (χ0) is 14.2. The van der Waals surface area contributed by atoms with Crippen molar-refractivity contribution in [3.05, 3.63) is 31.1 Å². The van der Waals surface area contributed by atoms with Crippen molar-refractivity contribution in [2.75, 3.05) is 38.1 Å². The molecule has 0 radical (unpaired) electrons. The van der Waals surface area contributed by atoms with Crippen molar-refractivity contribution in [3.8, 4) is 11.3 Å². The highest BCUT2D eigenvalue weighted by Crippen LogP contribution is 2.25. The Bertz CT molecular complexity index is 742. The van der Waals surface area contributed by atoms with Crippen LogP contribution in [0.1, 0.15) is 0 Å². The van der Waals surface area contributed by atoms with Crippen LogP contribution < -0.4 is 4.90 Å². The summed E-state index contributed by atoms with van der Waals surface area (Å²) in [6, 6.07) is 1.91. The molecule has 0 atom stereocenters. The zero-order valence-corrected chi connectivity index (χ0v) is 11.8. The maximum atomic E-state index is 5.15. The second-order valence-corrected chi connectivity index (χ2v) is 5.29. The number of hydrogen-bond donors (Lipinski definition) is 0. The quantitative estimate of drug-likeness (QED) is 0.703. The predicted molar refractivity (Wildman–Crippen MR) is 78.2 cm³/mol. The number of fused-ring (bicyclic) bond motifs is 1. The van der Waals surface area contributed by atoms with Crippen LogP contribution in [-0.4, -0.2) is 57.7 Å². The van der Waals surface area contributed by atoms with Gasteiger partial charge in [0, 0.05) is 31.7 Å². The molecule has 0 spiro atoms. The lowest BCUT2D eigenvalue weighted by atomic mass is 10.2. The first-order chi connectivity index (χ1) is 10.3. The average molecular weight is 284 g/mol. The van der Waals surface area contributed by atoms with Gasteiger partial charge in [-0.3, -0.25) is 4.40 Å². The second-order valence-electron chi connectivity index (χ2n) is 5.29. The molecular formula is C14H16N6O. The third kappa shape index (κ3) is 2.06. The van der Waals surface area contributed by atoms with Crippen LogP contribution in [-0.2, 0) is 0 Å². The molecule has 0 aliphatic carbocycles. The Morgan fingerprint density at radius 2 is 2.05 bits per heavy atom. The van der Waals surface area contributed by atoms with Crippen molar-refractivity contribution < 1.29 is 4.42 Å². The van der Waals surface area contributed by atoms with Crippen LogP contribution in [0.25, 0.3) is 16.9 Å². The molecule has 21 heavy (non-hydrogen) atoms. The zero-order valence-electron chi connectivity index (χ0n) is 11.8. The van der Waals surface area contributed by atoms with Gasteiger partial charge in [-0.1, -0.05) is 0 Å². The van der Waals surface area contributed by atoms with Crippen molar-refractivity contribution in [3.63, 3.8) is 0 Å². The smallest absolute Gasteiger partial charge is 0.204 e. The molecule has 7 nitrogen and oxygen atoms in total. The minimum absolute atomic E-state index is 0.790. The van der Waals surface area contributed by atoms with E-state index in [1.54, 1.807) is 18.9 Å². The van der Waals surface area contributed by atoms with E-state index < -0.39 is 0 Å². The minimum atomic E-state index is 0.790. The highest BCUT2D eigenvalue weighted by Gasteiger charge is 2.20. The van der Waals surface area contributed by atoms with E-state index in [0.29, 0.717) is 0 Å². The molecule has 1 aliphatic heterocycles. The number of rotatable bonds is 2. The third-order valence-corrected chi connectivity index (χ3v) is 3.94. The minimum Gasteiger partial charge on any atom is -0.472 e. The molecule has 0 aromatic carbocycles. The van der Waals surface area contributed by atoms with Gasteiger partial charge in [-0.2, -0.15) is 0 Å². The second kappa shape index (κ2) is 4.85. The highest BCUT2D eigenvalue weighted by molar-refractivity contribution is 5.70. The van der Waals surface area contributed by atoms with E-state index in [2.05, 4.69) is 32.0 Å². The van der Waals surface area contributed by atoms with Crippen LogP contribution in [0.5, 0.6) is 0 Å². The van der Waals surface area contributed by atoms with Crippen LogP contribution in [0.2, 0.25) is 0 Å². The lowest BCUT2D eigenvalue weighted by Crippen LogP contribution is -2.45. The van der Waals surface area contributed by atoms with Crippen molar-refractivity contribution in [1.82, 2.24) is 24.5 Å². The van der Waals surface area contributed by atoms with Crippen molar-refractivity contribution in [2.24, 2.45) is 0 Å². The molecule has 0 amide bonds. The molecule has 3 aromatic heterocycles. The van der Waals surface area contributed by atoms with Gasteiger partial charge in [0.25, 0.3) is 0 Å². The van der Waals surface area contributed by atoms with E-state index in [-0.39, 0.29) is 0 Å². The van der Waals surface area contributed by atoms with Gasteiger partial charge in [-0.25, -0.2) is 4.98 Å². The number of hydrogen-bond acceptors (Lipinski definition) is 6. The highest BCUT2D eigenvalue weighted by atomic mass is 16.3. The van der Waals surface area contributed by atoms with E-state index in [4.69, 9.17) is 4.42 Å². The fraction of sp³-hybridized carbons (Fsp3) is 0.357. The van der Waals surface area contributed by atoms with E-state index in [9.17, 15) is 0 Å². The summed E-state index contributed by atoms with van der Waals surface area (Å²) in [6.07, 6.45) is 6.93. The molecule has 0 N–H and O–H groups in total. The Balaban J connectivity index is 1.78. The number of piperazine rings is 1. The van der Waals surface area contributed by atoms with Crippen molar-refractivity contribution >= 4 is 11.5 Å². The van der Waals surface area contributed by atoms with Crippen LogP contribution in [0.3, 0.4) is 0 Å². The number of likely N-dealkylation sites (N-methyl/N-ethyl adjacent to an activating group) is 1. The summed E-state index contributed by atoms with van der Waals surface area (Å²) in [5.41, 5.74) is 2.69. The van der Waals surface area contributed by atoms with Gasteiger partial charge in [0.2, 0.25) is 5.65 Å². The Hall–Kier alpha value is -2.41. The topological polar surface area (TPSA) is 62.7 Å². The third-order valence-electron chi connectivity index (χ3n) is 3.94. The molecule has 1 aliphatic rings. The van der Waals surface area contributed by atoms with Crippen LogP contribution >= 0.6 is 0 Å². The lowest BCUT2D eigenvalue weighted by molar-refractivity contribution is 0.312. The van der Waals surface area contributed by atoms with Gasteiger partial charge in [0.05, 0.1) is 24.4 Å². The molecule has 108 valence electrons. The van der Waals surface area contributed by atoms with Gasteiger partial charge >= 0.3 is 0 Å². The normalized spacial score (nSPS) is 16.7. The molecule has 1 saturated heterocycles. The number of aromatic nitrogens is 4. The Morgan fingerprint density at radius 1 is 1.19 bits per heavy atom. The number of nitrogens with zero attached hydrogens (tertiary/aromatic N) is 6. The fourth-order valence-corrected chi connectivity index (χ4v) is 2.67. The summed E-state index contributed by atoms with van der Waals surface area (Å²) < 4.78 is 7.12. The number of furan rings is 1. The lowest BCUT2D eigenvalue weighted by Gasteiger charge is -2.33. The Morgan fingerprint density at radius 3 is 2.81 bits per heavy atom. The van der Waals surface area contributed by atoms with Gasteiger partial charge < -0.3 is 14.2 Å². The largest absolute Gasteiger partial charge is 0.472 e. The molecule has 4 rings (SSSR count). The first-order valence-electron chi connectivity index (χ1n) is 6.98. The first-order valence-corrected chi connectivity index (χ1v) is 6.98. The molecule has 0 bridgehead atoms. The molecule has 0 unspecified atom stereocenters. The standard InChI is InChI=1S/C14H16N6O/c1-18-3-5-19(6-4-18)13-14-17-16-10-20(14)12(8-15-13)11-2-7-21-9-11/h2,7-10H,3-6H2,1H3. The van der Waals surface area contributed by atoms with E-state index in [0.717, 1.165) is 48.9 Å². The molecule has 1 fully saturated rings.